The molecule has 0 bridgehead atoms. The number of nitrogens with zero attached hydrogens (tertiary/aromatic N) is 1. The van der Waals surface area contributed by atoms with Gasteiger partial charge in [0.15, 0.2) is 0 Å². The number of likely N-dealkylation sites (N-methyl/N-ethyl adjacent to an activating group) is 1. The molecule has 0 fully saturated rings. The molecule has 72 valence electrons. The van der Waals surface area contributed by atoms with Crippen molar-refractivity contribution in [2.75, 3.05) is 33.3 Å². The van der Waals surface area contributed by atoms with Crippen molar-refractivity contribution in [3.05, 3.63) is 0 Å². The fourth-order valence-electron chi connectivity index (χ4n) is 0.879. The molecule has 0 heterocycles. The van der Waals surface area contributed by atoms with E-state index in [9.17, 15) is 0 Å². The van der Waals surface area contributed by atoms with E-state index in [-0.39, 0.29) is 0 Å². The van der Waals surface area contributed by atoms with Gasteiger partial charge in [-0.25, -0.2) is 0 Å². The van der Waals surface area contributed by atoms with Crippen molar-refractivity contribution in [3.8, 4) is 0 Å². The third-order valence-electron chi connectivity index (χ3n) is 1.74. The molecule has 0 unspecified atom stereocenters. The minimum atomic E-state index is 0.474. The van der Waals surface area contributed by atoms with Crippen LogP contribution >= 0.6 is 12.2 Å². The van der Waals surface area contributed by atoms with Crippen LogP contribution in [0.1, 0.15) is 13.8 Å². The highest BCUT2D eigenvalue weighted by Crippen LogP contribution is 1.87. The van der Waals surface area contributed by atoms with Crippen LogP contribution in [0.4, 0.5) is 0 Å². The summed E-state index contributed by atoms with van der Waals surface area (Å²) in [6.07, 6.45) is 0. The van der Waals surface area contributed by atoms with Crippen LogP contribution in [-0.2, 0) is 4.74 Å². The van der Waals surface area contributed by atoms with E-state index in [4.69, 9.17) is 17.0 Å². The standard InChI is InChI=1S/C8H18N2OS/c1-4-10(5-2)6-7-11-8(12)9-3/h4-7H2,1-3H3,(H,9,12). The molecule has 1 N–H and O–H groups in total. The second kappa shape index (κ2) is 7.31. The van der Waals surface area contributed by atoms with E-state index in [1.165, 1.54) is 0 Å². The maximum atomic E-state index is 5.20. The first-order valence-corrected chi connectivity index (χ1v) is 4.72. The Morgan fingerprint density at radius 3 is 2.42 bits per heavy atom. The van der Waals surface area contributed by atoms with Crippen molar-refractivity contribution in [1.29, 1.82) is 0 Å². The molecule has 0 aliphatic rings. The highest BCUT2D eigenvalue weighted by molar-refractivity contribution is 7.80. The van der Waals surface area contributed by atoms with Gasteiger partial charge in [0.1, 0.15) is 6.61 Å². The van der Waals surface area contributed by atoms with Crippen LogP contribution < -0.4 is 5.32 Å². The molecule has 0 amide bonds. The molecule has 0 saturated heterocycles. The maximum Gasteiger partial charge on any atom is 0.256 e. The number of thiocarbonyl (C=S) groups is 1. The molecule has 12 heavy (non-hydrogen) atoms. The number of nitrogens with one attached hydrogen (secondary N) is 1. The van der Waals surface area contributed by atoms with Crippen LogP contribution in [0.2, 0.25) is 0 Å². The van der Waals surface area contributed by atoms with E-state index in [1.54, 1.807) is 7.05 Å². The van der Waals surface area contributed by atoms with Gasteiger partial charge in [-0.15, -0.1) is 0 Å². The van der Waals surface area contributed by atoms with Crippen LogP contribution in [0.3, 0.4) is 0 Å². The van der Waals surface area contributed by atoms with Gasteiger partial charge < -0.3 is 15.0 Å². The fraction of sp³-hybridized carbons (Fsp3) is 0.875. The third kappa shape index (κ3) is 5.32. The summed E-state index contributed by atoms with van der Waals surface area (Å²) in [5.74, 6) is 0. The Balaban J connectivity index is 3.34. The van der Waals surface area contributed by atoms with Crippen molar-refractivity contribution in [2.24, 2.45) is 0 Å². The zero-order chi connectivity index (χ0) is 9.40. The Kier molecular flexibility index (Phi) is 7.09. The lowest BCUT2D eigenvalue weighted by Gasteiger charge is -2.17. The summed E-state index contributed by atoms with van der Waals surface area (Å²) >= 11 is 4.83. The first-order chi connectivity index (χ1) is 5.74. The Morgan fingerprint density at radius 2 is 2.00 bits per heavy atom. The van der Waals surface area contributed by atoms with Crippen LogP contribution in [-0.4, -0.2) is 43.4 Å². The molecule has 0 aromatic carbocycles. The third-order valence-corrected chi connectivity index (χ3v) is 2.06. The predicted octanol–water partition coefficient (Wildman–Crippen LogP) is 0.849. The van der Waals surface area contributed by atoms with Gasteiger partial charge in [-0.05, 0) is 25.3 Å². The van der Waals surface area contributed by atoms with Gasteiger partial charge in [0.25, 0.3) is 5.17 Å². The zero-order valence-electron chi connectivity index (χ0n) is 8.09. The lowest BCUT2D eigenvalue weighted by molar-refractivity contribution is 0.214. The minimum Gasteiger partial charge on any atom is -0.470 e. The molecule has 0 spiro atoms. The van der Waals surface area contributed by atoms with E-state index in [0.717, 1.165) is 19.6 Å². The highest BCUT2D eigenvalue weighted by atomic mass is 32.1. The van der Waals surface area contributed by atoms with Gasteiger partial charge >= 0.3 is 0 Å². The normalized spacial score (nSPS) is 10.0. The summed E-state index contributed by atoms with van der Waals surface area (Å²) in [6.45, 7) is 8.01. The highest BCUT2D eigenvalue weighted by Gasteiger charge is 1.98. The zero-order valence-corrected chi connectivity index (χ0v) is 8.91. The van der Waals surface area contributed by atoms with Crippen LogP contribution in [0.5, 0.6) is 0 Å². The Hall–Kier alpha value is -0.350. The summed E-state index contributed by atoms with van der Waals surface area (Å²) in [7, 11) is 1.76. The Labute approximate surface area is 80.1 Å². The number of hydrogen-bond acceptors (Lipinski definition) is 3. The van der Waals surface area contributed by atoms with Crippen molar-refractivity contribution in [1.82, 2.24) is 10.2 Å². The van der Waals surface area contributed by atoms with Crippen molar-refractivity contribution in [2.45, 2.75) is 13.8 Å². The van der Waals surface area contributed by atoms with Crippen molar-refractivity contribution < 1.29 is 4.74 Å². The van der Waals surface area contributed by atoms with Crippen LogP contribution in [0.15, 0.2) is 0 Å². The van der Waals surface area contributed by atoms with Gasteiger partial charge in [-0.2, -0.15) is 0 Å². The number of rotatable bonds is 5. The molecule has 0 aromatic rings. The molecule has 0 radical (unpaired) electrons. The van der Waals surface area contributed by atoms with Crippen LogP contribution in [0.25, 0.3) is 0 Å². The summed E-state index contributed by atoms with van der Waals surface area (Å²) in [5, 5.41) is 3.24. The Bertz CT molecular complexity index is 126. The largest absolute Gasteiger partial charge is 0.470 e. The van der Waals surface area contributed by atoms with Gasteiger partial charge in [0.05, 0.1) is 0 Å². The lowest BCUT2D eigenvalue weighted by atomic mass is 10.5. The summed E-state index contributed by atoms with van der Waals surface area (Å²) in [6, 6.07) is 0. The maximum absolute atomic E-state index is 5.20. The summed E-state index contributed by atoms with van der Waals surface area (Å²) in [4.78, 5) is 2.29. The topological polar surface area (TPSA) is 24.5 Å². The van der Waals surface area contributed by atoms with E-state index in [0.29, 0.717) is 11.8 Å². The molecule has 0 atom stereocenters. The second-order valence-electron chi connectivity index (χ2n) is 2.41. The van der Waals surface area contributed by atoms with Gasteiger partial charge in [-0.1, -0.05) is 13.8 Å². The van der Waals surface area contributed by atoms with Gasteiger partial charge in [0.2, 0.25) is 0 Å². The number of ether oxygens (including phenoxy) is 1. The first kappa shape index (κ1) is 11.6. The van der Waals surface area contributed by atoms with E-state index < -0.39 is 0 Å². The predicted molar refractivity (Wildman–Crippen MR) is 55.4 cm³/mol. The minimum absolute atomic E-state index is 0.474. The molecule has 4 heteroatoms. The fourth-order valence-corrected chi connectivity index (χ4v) is 0.963. The van der Waals surface area contributed by atoms with Gasteiger partial charge in [-0.3, -0.25) is 0 Å². The van der Waals surface area contributed by atoms with E-state index >= 15 is 0 Å². The molecule has 0 saturated carbocycles. The molecule has 0 aliphatic carbocycles. The lowest BCUT2D eigenvalue weighted by Crippen LogP contribution is -2.29. The number of hydrogen-bond donors (Lipinski definition) is 1. The monoisotopic (exact) mass is 190 g/mol. The molecular weight excluding hydrogens is 172 g/mol. The van der Waals surface area contributed by atoms with Crippen molar-refractivity contribution in [3.63, 3.8) is 0 Å². The van der Waals surface area contributed by atoms with Crippen LogP contribution in [0, 0.1) is 0 Å². The van der Waals surface area contributed by atoms with E-state index in [1.807, 2.05) is 0 Å². The molecule has 0 aromatic heterocycles. The van der Waals surface area contributed by atoms with Crippen molar-refractivity contribution >= 4 is 17.4 Å². The first-order valence-electron chi connectivity index (χ1n) is 4.31. The van der Waals surface area contributed by atoms with Gasteiger partial charge in [0, 0.05) is 13.6 Å². The summed E-state index contributed by atoms with van der Waals surface area (Å²) in [5.41, 5.74) is 0. The molecular formula is C8H18N2OS. The SMILES string of the molecule is CCN(CC)CCOC(=S)NC. The molecule has 3 nitrogen and oxygen atoms in total. The quantitative estimate of drug-likeness (QED) is 0.650. The smallest absolute Gasteiger partial charge is 0.256 e. The van der Waals surface area contributed by atoms with E-state index in [2.05, 4.69) is 24.1 Å². The average molecular weight is 190 g/mol. The average Bonchev–Trinajstić information content (AvgIpc) is 2.12. The molecule has 0 aliphatic heterocycles. The Morgan fingerprint density at radius 1 is 1.42 bits per heavy atom. The molecule has 0 rings (SSSR count). The second-order valence-corrected chi connectivity index (χ2v) is 2.78. The summed E-state index contributed by atoms with van der Waals surface area (Å²) < 4.78 is 5.20.